The highest BCUT2D eigenvalue weighted by Crippen LogP contribution is 2.26. The summed E-state index contributed by atoms with van der Waals surface area (Å²) in [5.74, 6) is 2.52. The van der Waals surface area contributed by atoms with Gasteiger partial charge in [0.2, 0.25) is 0 Å². The molecule has 0 unspecified atom stereocenters. The van der Waals surface area contributed by atoms with Crippen molar-refractivity contribution >= 4 is 11.6 Å². The fourth-order valence-electron chi connectivity index (χ4n) is 5.11. The van der Waals surface area contributed by atoms with E-state index in [1.165, 1.54) is 11.6 Å². The second-order valence-electron chi connectivity index (χ2n) is 10.4. The zero-order valence-corrected chi connectivity index (χ0v) is 21.9. The van der Waals surface area contributed by atoms with Crippen molar-refractivity contribution in [2.75, 3.05) is 62.3 Å². The van der Waals surface area contributed by atoms with E-state index in [9.17, 15) is 4.39 Å². The zero-order chi connectivity index (χ0) is 25.6. The summed E-state index contributed by atoms with van der Waals surface area (Å²) < 4.78 is 19.9. The molecule has 0 atom stereocenters. The van der Waals surface area contributed by atoms with E-state index in [4.69, 9.17) is 14.7 Å². The molecule has 0 saturated carbocycles. The third-order valence-electron chi connectivity index (χ3n) is 6.95. The lowest BCUT2D eigenvalue weighted by Crippen LogP contribution is -2.47. The molecule has 4 heterocycles. The predicted molar refractivity (Wildman–Crippen MR) is 145 cm³/mol. The Hall–Kier alpha value is -3.10. The van der Waals surface area contributed by atoms with Crippen LogP contribution in [0.15, 0.2) is 48.7 Å². The van der Waals surface area contributed by atoms with Crippen molar-refractivity contribution in [2.45, 2.75) is 33.2 Å². The van der Waals surface area contributed by atoms with E-state index in [0.29, 0.717) is 31.4 Å². The smallest absolute Gasteiger partial charge is 0.165 e. The number of pyridine rings is 1. The monoisotopic (exact) mass is 504 g/mol. The molecule has 0 amide bonds. The molecule has 3 aromatic rings. The van der Waals surface area contributed by atoms with Crippen molar-refractivity contribution < 1.29 is 9.13 Å². The van der Waals surface area contributed by atoms with Gasteiger partial charge in [-0.25, -0.2) is 19.3 Å². The third-order valence-corrected chi connectivity index (χ3v) is 6.95. The quantitative estimate of drug-likeness (QED) is 0.472. The fourth-order valence-corrected chi connectivity index (χ4v) is 5.11. The van der Waals surface area contributed by atoms with Crippen LogP contribution in [0.5, 0.6) is 0 Å². The molecule has 2 aromatic heterocycles. The zero-order valence-electron chi connectivity index (χ0n) is 21.9. The highest BCUT2D eigenvalue weighted by atomic mass is 19.1. The van der Waals surface area contributed by atoms with E-state index in [-0.39, 0.29) is 5.82 Å². The normalized spacial score (nSPS) is 17.3. The number of hydrogen-bond acceptors (Lipinski definition) is 7. The largest absolute Gasteiger partial charge is 0.380 e. The summed E-state index contributed by atoms with van der Waals surface area (Å²) in [6.07, 6.45) is 3.71. The molecule has 0 N–H and O–H groups in total. The van der Waals surface area contributed by atoms with Gasteiger partial charge >= 0.3 is 0 Å². The van der Waals surface area contributed by atoms with Crippen molar-refractivity contribution in [1.82, 2.24) is 19.9 Å². The van der Waals surface area contributed by atoms with Crippen LogP contribution in [0.2, 0.25) is 0 Å². The van der Waals surface area contributed by atoms with Crippen LogP contribution < -0.4 is 9.80 Å². The van der Waals surface area contributed by atoms with E-state index in [2.05, 4.69) is 59.0 Å². The molecule has 2 aliphatic rings. The highest BCUT2D eigenvalue weighted by molar-refractivity contribution is 5.64. The van der Waals surface area contributed by atoms with E-state index >= 15 is 0 Å². The van der Waals surface area contributed by atoms with Crippen LogP contribution >= 0.6 is 0 Å². The molecule has 0 aliphatic carbocycles. The Morgan fingerprint density at radius 3 is 2.57 bits per heavy atom. The van der Waals surface area contributed by atoms with Gasteiger partial charge in [-0.05, 0) is 42.5 Å². The molecule has 1 aromatic carbocycles. The Bertz CT molecular complexity index is 1170. The van der Waals surface area contributed by atoms with Crippen molar-refractivity contribution in [2.24, 2.45) is 5.92 Å². The lowest BCUT2D eigenvalue weighted by atomic mass is 10.00. The summed E-state index contributed by atoms with van der Waals surface area (Å²) in [7, 11) is 0. The first-order chi connectivity index (χ1) is 18.0. The summed E-state index contributed by atoms with van der Waals surface area (Å²) in [6, 6.07) is 13.9. The lowest BCUT2D eigenvalue weighted by Gasteiger charge is -2.36. The Kier molecular flexibility index (Phi) is 8.26. The topological polar surface area (TPSA) is 57.6 Å². The fraction of sp³-hybridized carbons (Fsp3) is 0.483. The minimum absolute atomic E-state index is 0.273. The number of benzene rings is 1. The van der Waals surface area contributed by atoms with Gasteiger partial charge in [0.1, 0.15) is 11.6 Å². The number of ether oxygens (including phenoxy) is 1. The van der Waals surface area contributed by atoms with Crippen molar-refractivity contribution in [3.8, 4) is 11.3 Å². The Morgan fingerprint density at radius 1 is 0.919 bits per heavy atom. The highest BCUT2D eigenvalue weighted by Gasteiger charge is 2.23. The molecule has 2 saturated heterocycles. The maximum absolute atomic E-state index is 14.3. The van der Waals surface area contributed by atoms with Gasteiger partial charge in [0, 0.05) is 63.7 Å². The van der Waals surface area contributed by atoms with Gasteiger partial charge in [0.05, 0.1) is 18.8 Å². The molecular formula is C29H37FN6O. The van der Waals surface area contributed by atoms with Crippen LogP contribution in [0.3, 0.4) is 0 Å². The molecule has 0 radical (unpaired) electrons. The average Bonchev–Trinajstić information content (AvgIpc) is 3.17. The third kappa shape index (κ3) is 6.62. The number of hydrogen-bond donors (Lipinski definition) is 0. The number of anilines is 2. The van der Waals surface area contributed by atoms with Crippen LogP contribution in [0.4, 0.5) is 16.0 Å². The molecule has 5 rings (SSSR count). The van der Waals surface area contributed by atoms with Gasteiger partial charge in [-0.2, -0.15) is 0 Å². The van der Waals surface area contributed by atoms with Crippen LogP contribution in [-0.2, 0) is 17.7 Å². The first-order valence-corrected chi connectivity index (χ1v) is 13.4. The summed E-state index contributed by atoms with van der Waals surface area (Å²) in [6.45, 7) is 11.5. The molecule has 196 valence electrons. The molecular weight excluding hydrogens is 467 g/mol. The molecule has 0 bridgehead atoms. The van der Waals surface area contributed by atoms with E-state index < -0.39 is 0 Å². The second-order valence-corrected chi connectivity index (χ2v) is 10.4. The SMILES string of the molecule is CC(C)Cc1cccc(-c2cc(N3CCN(c4ncccc4F)CC3)nc(CN3CCCOCC3)n2)c1. The van der Waals surface area contributed by atoms with Crippen molar-refractivity contribution in [3.63, 3.8) is 0 Å². The molecule has 8 heteroatoms. The van der Waals surface area contributed by atoms with Gasteiger partial charge in [-0.15, -0.1) is 0 Å². The molecule has 0 spiro atoms. The van der Waals surface area contributed by atoms with Gasteiger partial charge in [-0.3, -0.25) is 4.90 Å². The number of nitrogens with zero attached hydrogens (tertiary/aromatic N) is 6. The minimum Gasteiger partial charge on any atom is -0.380 e. The van der Waals surface area contributed by atoms with Gasteiger partial charge in [-0.1, -0.05) is 32.0 Å². The summed E-state index contributed by atoms with van der Waals surface area (Å²) in [5, 5.41) is 0. The molecule has 2 aliphatic heterocycles. The molecule has 37 heavy (non-hydrogen) atoms. The Balaban J connectivity index is 1.40. The van der Waals surface area contributed by atoms with Crippen LogP contribution in [-0.4, -0.2) is 72.3 Å². The Morgan fingerprint density at radius 2 is 1.76 bits per heavy atom. The molecule has 7 nitrogen and oxygen atoms in total. The maximum Gasteiger partial charge on any atom is 0.165 e. The van der Waals surface area contributed by atoms with E-state index in [0.717, 1.165) is 75.1 Å². The first kappa shape index (κ1) is 25.5. The van der Waals surface area contributed by atoms with Gasteiger partial charge < -0.3 is 14.5 Å². The van der Waals surface area contributed by atoms with Crippen LogP contribution in [0, 0.1) is 11.7 Å². The lowest BCUT2D eigenvalue weighted by molar-refractivity contribution is 0.140. The van der Waals surface area contributed by atoms with E-state index in [1.807, 2.05) is 4.90 Å². The standard InChI is InChI=1S/C29H37FN6O/c1-22(2)18-23-6-3-7-24(19-23)26-20-28(33-27(32-26)21-34-10-5-16-37-17-15-34)35-11-13-36(14-12-35)29-25(30)8-4-9-31-29/h3-4,6-9,19-20,22H,5,10-18,21H2,1-2H3. The number of piperazine rings is 1. The number of rotatable bonds is 7. The number of aromatic nitrogens is 3. The van der Waals surface area contributed by atoms with Gasteiger partial charge in [0.25, 0.3) is 0 Å². The maximum atomic E-state index is 14.3. The summed E-state index contributed by atoms with van der Waals surface area (Å²) >= 11 is 0. The summed E-state index contributed by atoms with van der Waals surface area (Å²) in [4.78, 5) is 21.0. The average molecular weight is 505 g/mol. The molecule has 2 fully saturated rings. The minimum atomic E-state index is -0.273. The first-order valence-electron chi connectivity index (χ1n) is 13.4. The van der Waals surface area contributed by atoms with Crippen molar-refractivity contribution in [1.29, 1.82) is 0 Å². The Labute approximate surface area is 219 Å². The predicted octanol–water partition coefficient (Wildman–Crippen LogP) is 4.43. The van der Waals surface area contributed by atoms with Gasteiger partial charge in [0.15, 0.2) is 11.6 Å². The van der Waals surface area contributed by atoms with Crippen LogP contribution in [0.1, 0.15) is 31.7 Å². The number of halogens is 1. The van der Waals surface area contributed by atoms with Crippen LogP contribution in [0.25, 0.3) is 11.3 Å². The van der Waals surface area contributed by atoms with Crippen molar-refractivity contribution in [3.05, 3.63) is 65.9 Å². The second kappa shape index (κ2) is 12.0. The summed E-state index contributed by atoms with van der Waals surface area (Å²) in [5.41, 5.74) is 3.40. The van der Waals surface area contributed by atoms with E-state index in [1.54, 1.807) is 12.3 Å².